The molecule has 12 rings (SSSR count). The minimum absolute atomic E-state index is 0.0868. The lowest BCUT2D eigenvalue weighted by Crippen LogP contribution is -2.43. The SMILES string of the molecule is CCOCc1nc2c(NC(=O)[C@H](C)CNC(=O)COCCOCC(COCCOCC(=O)NC[C@@H](C)C(=O)Nc3nc4ccccc4c4c3nc(COCC)n4CC(C)(C)O)(COCCOCC(=O)NC[C@@H](C)C(=O)Nc3nc4ccccc4c4c3nc(COCC)n4CC(C)(C)O)COCCOCC(=O)NC[C@@H](C)C(=O)Nc3nc4ccccc4c4c3nc(COCC)n4CC(C)(C)O)nc3ccccc3c2n1CC(C)(C)O. The van der Waals surface area contributed by atoms with E-state index in [1.165, 1.54) is 0 Å². The highest BCUT2D eigenvalue weighted by atomic mass is 16.6. The van der Waals surface area contributed by atoms with E-state index in [0.29, 0.717) is 116 Å². The van der Waals surface area contributed by atoms with Crippen LogP contribution in [-0.2, 0) is 148 Å². The number of anilines is 4. The number of benzene rings is 4. The molecule has 0 bridgehead atoms. The number of fused-ring (bicyclic) bond motifs is 12. The van der Waals surface area contributed by atoms with Crippen LogP contribution in [0.1, 0.15) is 134 Å². The van der Waals surface area contributed by atoms with Crippen molar-refractivity contribution in [2.75, 3.05) is 180 Å². The minimum atomic E-state index is -1.20. The van der Waals surface area contributed by atoms with E-state index in [4.69, 9.17) is 96.7 Å². The molecule has 12 N–H and O–H groups in total. The molecule has 8 heterocycles. The number of para-hydroxylation sites is 4. The van der Waals surface area contributed by atoms with Gasteiger partial charge in [0.1, 0.15) is 98.2 Å². The van der Waals surface area contributed by atoms with Gasteiger partial charge in [0.15, 0.2) is 23.3 Å². The first-order chi connectivity index (χ1) is 71.1. The van der Waals surface area contributed by atoms with E-state index in [9.17, 15) is 58.8 Å². The van der Waals surface area contributed by atoms with Crippen LogP contribution in [0.25, 0.3) is 87.7 Å². The van der Waals surface area contributed by atoms with E-state index in [1.807, 2.05) is 143 Å². The number of nitrogens with one attached hydrogen (secondary N) is 8. The molecule has 149 heavy (non-hydrogen) atoms. The number of nitrogens with zero attached hydrogens (tertiary/aromatic N) is 12. The lowest BCUT2D eigenvalue weighted by Gasteiger charge is -2.33. The van der Waals surface area contributed by atoms with E-state index in [-0.39, 0.29) is 181 Å². The van der Waals surface area contributed by atoms with Crippen LogP contribution >= 0.6 is 0 Å². The molecule has 0 aliphatic heterocycles. The van der Waals surface area contributed by atoms with Crippen molar-refractivity contribution >= 4 is 158 Å². The fourth-order valence-electron chi connectivity index (χ4n) is 16.5. The van der Waals surface area contributed by atoms with Gasteiger partial charge in [0.2, 0.25) is 47.3 Å². The van der Waals surface area contributed by atoms with E-state index < -0.39 is 125 Å². The van der Waals surface area contributed by atoms with Crippen molar-refractivity contribution in [1.82, 2.24) is 79.4 Å². The van der Waals surface area contributed by atoms with Gasteiger partial charge in [-0.15, -0.1) is 0 Å². The number of aliphatic hydroxyl groups is 4. The van der Waals surface area contributed by atoms with Gasteiger partial charge in [-0.1, -0.05) is 100 Å². The first-order valence-electron chi connectivity index (χ1n) is 50.4. The van der Waals surface area contributed by atoms with Gasteiger partial charge in [-0.3, -0.25) is 38.4 Å². The Labute approximate surface area is 863 Å². The zero-order valence-electron chi connectivity index (χ0n) is 88.0. The van der Waals surface area contributed by atoms with E-state index in [0.717, 1.165) is 21.5 Å². The molecule has 44 nitrogen and oxygen atoms in total. The van der Waals surface area contributed by atoms with Crippen LogP contribution in [0.4, 0.5) is 23.3 Å². The van der Waals surface area contributed by atoms with Gasteiger partial charge in [0, 0.05) is 74.2 Å². The fourth-order valence-corrected chi connectivity index (χ4v) is 16.5. The number of pyridine rings is 4. The van der Waals surface area contributed by atoms with Gasteiger partial charge in [0.05, 0.1) is 201 Å². The summed E-state index contributed by atoms with van der Waals surface area (Å²) in [4.78, 5) is 149. The number of hydrogen-bond acceptors (Lipinski definition) is 32. The molecule has 44 heteroatoms. The molecular weight excluding hydrogens is 1930 g/mol. The largest absolute Gasteiger partial charge is 0.389 e. The summed E-state index contributed by atoms with van der Waals surface area (Å²) < 4.78 is 79.2. The van der Waals surface area contributed by atoms with Crippen molar-refractivity contribution in [3.8, 4) is 0 Å². The molecule has 0 saturated carbocycles. The number of carbonyl (C=O) groups is 8. The van der Waals surface area contributed by atoms with Crippen LogP contribution in [-0.4, -0.2) is 307 Å². The Bertz CT molecular complexity index is 5810. The fraction of sp³-hybridized carbons (Fsp3) is 0.543. The lowest BCUT2D eigenvalue weighted by molar-refractivity contribution is -0.132. The second-order valence-corrected chi connectivity index (χ2v) is 39.7. The molecule has 0 aliphatic carbocycles. The average Bonchev–Trinajstić information content (AvgIpc) is 1.61. The zero-order valence-corrected chi connectivity index (χ0v) is 88.0. The summed E-state index contributed by atoms with van der Waals surface area (Å²) in [6.07, 6.45) is 0. The number of amides is 8. The first-order valence-corrected chi connectivity index (χ1v) is 50.4. The number of aromatic nitrogens is 12. The van der Waals surface area contributed by atoms with E-state index in [1.54, 1.807) is 83.1 Å². The molecule has 0 fully saturated rings. The maximum Gasteiger partial charge on any atom is 0.246 e. The summed E-state index contributed by atoms with van der Waals surface area (Å²) in [6, 6.07) is 29.6. The Balaban J connectivity index is 0.691. The summed E-state index contributed by atoms with van der Waals surface area (Å²) >= 11 is 0. The van der Waals surface area contributed by atoms with Gasteiger partial charge in [-0.25, -0.2) is 39.9 Å². The Morgan fingerprint density at radius 2 is 0.483 bits per heavy atom. The predicted molar refractivity (Wildman–Crippen MR) is 559 cm³/mol. The molecule has 4 atom stereocenters. The third kappa shape index (κ3) is 32.8. The molecule has 0 aliphatic rings. The number of rotatable bonds is 64. The van der Waals surface area contributed by atoms with Crippen LogP contribution < -0.4 is 42.5 Å². The third-order valence-electron chi connectivity index (χ3n) is 23.8. The molecule has 0 radical (unpaired) electrons. The smallest absolute Gasteiger partial charge is 0.246 e. The second kappa shape index (κ2) is 53.8. The average molecular weight is 2070 g/mol. The van der Waals surface area contributed by atoms with Gasteiger partial charge < -0.3 is 138 Å². The molecule has 0 unspecified atom stereocenters. The second-order valence-electron chi connectivity index (χ2n) is 39.7. The number of ether oxygens (including phenoxy) is 12. The number of hydrogen-bond donors (Lipinski definition) is 12. The van der Waals surface area contributed by atoms with Crippen LogP contribution in [0.2, 0.25) is 0 Å². The molecular formula is C105H144N20O24. The van der Waals surface area contributed by atoms with Gasteiger partial charge in [-0.05, 0) is 107 Å². The normalized spacial score (nSPS) is 13.2. The summed E-state index contributed by atoms with van der Waals surface area (Å²) in [7, 11) is 0. The first kappa shape index (κ1) is 115. The highest BCUT2D eigenvalue weighted by Gasteiger charge is 2.36. The van der Waals surface area contributed by atoms with Crippen LogP contribution in [0.5, 0.6) is 0 Å². The molecule has 0 spiro atoms. The lowest BCUT2D eigenvalue weighted by atomic mass is 9.92. The monoisotopic (exact) mass is 2070 g/mol. The molecule has 0 saturated heterocycles. The van der Waals surface area contributed by atoms with Crippen LogP contribution in [0.3, 0.4) is 0 Å². The molecule has 8 amide bonds. The Kier molecular flexibility index (Phi) is 41.6. The van der Waals surface area contributed by atoms with Gasteiger partial charge in [-0.2, -0.15) is 0 Å². The third-order valence-corrected chi connectivity index (χ3v) is 23.8. The van der Waals surface area contributed by atoms with Crippen LogP contribution in [0.15, 0.2) is 97.1 Å². The maximum atomic E-state index is 14.0. The van der Waals surface area contributed by atoms with Gasteiger partial charge in [0.25, 0.3) is 0 Å². The standard InChI is InChI=1S/C105H144N20O24/c1-17-138-49-77-114-85-89(122(77)57-101(9,10)134)69-29-21-25-33-73(69)110-93(85)118-97(130)65(5)45-106-81(126)53-142-37-41-146-61-105(62-147-42-38-143-54-82(127)107-46-66(6)98(131)119-94-86-90(70-30-22-26-34-74(70)111-94)123(58-102(11,12)135)78(115-86)50-139-18-2,63-148-43-39-144-55-83(128)108-47-67(7)99(132)120-95-87-91(71-31-23-27-35-75(71)112-95)124(59-103(13,14)136)79(116-87)51-140-19-3)64-149-44-40-145-56-84(129)109-48-68(8)100(133)121-96-88-92(72-32-24-28-36-76(72)113-96)125(60-104(15,16)137)80(117-88)52-141-20-4/h21-36,65-68,134-137H,17-20,37-64H2,1-16H3,(H,106,126)(H,107,127)(H,108,128)(H,109,129)(H,110,118,130)(H,111,119,131)(H,112,120,132)(H,113,121,133)/t65-,66-,67-,68-/m1/s1. The summed E-state index contributed by atoms with van der Waals surface area (Å²) in [5.74, 6) is -4.19. The Morgan fingerprint density at radius 1 is 0.289 bits per heavy atom. The zero-order chi connectivity index (χ0) is 107. The van der Waals surface area contributed by atoms with Crippen molar-refractivity contribution in [3.05, 3.63) is 120 Å². The molecule has 12 aromatic rings. The van der Waals surface area contributed by atoms with E-state index in [2.05, 4.69) is 42.5 Å². The Morgan fingerprint density at radius 3 is 0.678 bits per heavy atom. The van der Waals surface area contributed by atoms with Gasteiger partial charge >= 0.3 is 0 Å². The summed E-state index contributed by atoms with van der Waals surface area (Å²) in [5.41, 5.74) is 0.709. The molecule has 4 aromatic carbocycles. The molecule has 8 aromatic heterocycles. The van der Waals surface area contributed by atoms with Crippen molar-refractivity contribution in [3.63, 3.8) is 0 Å². The highest BCUT2D eigenvalue weighted by molar-refractivity contribution is 6.14. The minimum Gasteiger partial charge on any atom is -0.389 e. The summed E-state index contributed by atoms with van der Waals surface area (Å²) in [6.45, 7) is 27.0. The quantitative estimate of drug-likeness (QED) is 0.0159. The van der Waals surface area contributed by atoms with E-state index >= 15 is 0 Å². The van der Waals surface area contributed by atoms with Crippen LogP contribution in [0, 0.1) is 29.1 Å². The predicted octanol–water partition coefficient (Wildman–Crippen LogP) is 8.49. The molecule has 808 valence electrons. The number of imidazole rings is 4. The van der Waals surface area contributed by atoms with Crippen molar-refractivity contribution in [2.45, 2.75) is 186 Å². The van der Waals surface area contributed by atoms with Crippen molar-refractivity contribution in [2.24, 2.45) is 29.1 Å². The highest BCUT2D eigenvalue weighted by Crippen LogP contribution is 2.38. The van der Waals surface area contributed by atoms with Crippen molar-refractivity contribution in [1.29, 1.82) is 0 Å². The van der Waals surface area contributed by atoms with Crippen molar-refractivity contribution < 1.29 is 116 Å². The Hall–Kier alpha value is -12.5. The number of carbonyl (C=O) groups excluding carboxylic acids is 8. The summed E-state index contributed by atoms with van der Waals surface area (Å²) in [5, 5.41) is 70.0. The maximum absolute atomic E-state index is 14.0. The topological polar surface area (TPSA) is 547 Å².